The Labute approximate surface area is 133 Å². The zero-order chi connectivity index (χ0) is 16.1. The highest BCUT2D eigenvalue weighted by atomic mass is 16.1. The van der Waals surface area contributed by atoms with Gasteiger partial charge in [-0.2, -0.15) is 0 Å². The Hall–Kier alpha value is -0.530. The maximum absolute atomic E-state index is 11.6. The summed E-state index contributed by atoms with van der Waals surface area (Å²) in [5.74, 6) is 1.03. The Morgan fingerprint density at radius 1 is 0.905 bits per heavy atom. The third kappa shape index (κ3) is 17.4. The van der Waals surface area contributed by atoms with Crippen molar-refractivity contribution in [2.75, 3.05) is 6.54 Å². The standard InChI is InChI=1S/C19H39NO/c1-17(2)13-9-8-10-14-18(21)20-16-12-7-6-11-15-19(3,4)5/h17H,6-16H2,1-5H3,(H,20,21). The molecule has 0 aliphatic rings. The number of hydrogen-bond acceptors (Lipinski definition) is 1. The molecule has 0 unspecified atom stereocenters. The predicted octanol–water partition coefficient (Wildman–Crippen LogP) is 5.71. The summed E-state index contributed by atoms with van der Waals surface area (Å²) in [4.78, 5) is 11.6. The average molecular weight is 298 g/mol. The first-order valence-electron chi connectivity index (χ1n) is 9.08. The number of amides is 1. The molecule has 0 aromatic heterocycles. The van der Waals surface area contributed by atoms with Crippen molar-refractivity contribution in [3.8, 4) is 0 Å². The van der Waals surface area contributed by atoms with Gasteiger partial charge in [0.15, 0.2) is 0 Å². The van der Waals surface area contributed by atoms with Crippen LogP contribution in [0.5, 0.6) is 0 Å². The molecule has 0 saturated heterocycles. The highest BCUT2D eigenvalue weighted by Crippen LogP contribution is 2.22. The summed E-state index contributed by atoms with van der Waals surface area (Å²) >= 11 is 0. The van der Waals surface area contributed by atoms with E-state index in [4.69, 9.17) is 0 Å². The van der Waals surface area contributed by atoms with Crippen LogP contribution < -0.4 is 5.32 Å². The molecule has 0 saturated carbocycles. The predicted molar refractivity (Wildman–Crippen MR) is 93.5 cm³/mol. The molecule has 2 heteroatoms. The summed E-state index contributed by atoms with van der Waals surface area (Å²) in [6.07, 6.45) is 11.8. The fourth-order valence-corrected chi connectivity index (χ4v) is 2.46. The van der Waals surface area contributed by atoms with Crippen molar-refractivity contribution >= 4 is 5.91 Å². The normalized spacial score (nSPS) is 11.9. The van der Waals surface area contributed by atoms with Gasteiger partial charge in [0, 0.05) is 13.0 Å². The van der Waals surface area contributed by atoms with E-state index in [9.17, 15) is 4.79 Å². The van der Waals surface area contributed by atoms with E-state index in [1.54, 1.807) is 0 Å². The lowest BCUT2D eigenvalue weighted by molar-refractivity contribution is -0.121. The summed E-state index contributed by atoms with van der Waals surface area (Å²) in [6.45, 7) is 12.3. The summed E-state index contributed by atoms with van der Waals surface area (Å²) in [5.41, 5.74) is 0.462. The molecule has 0 heterocycles. The molecule has 0 aromatic rings. The molecular formula is C19H39NO. The van der Waals surface area contributed by atoms with E-state index < -0.39 is 0 Å². The lowest BCUT2D eigenvalue weighted by Gasteiger charge is -2.17. The summed E-state index contributed by atoms with van der Waals surface area (Å²) in [5, 5.41) is 3.05. The van der Waals surface area contributed by atoms with Crippen LogP contribution in [-0.4, -0.2) is 12.5 Å². The van der Waals surface area contributed by atoms with Crippen molar-refractivity contribution in [1.82, 2.24) is 5.32 Å². The topological polar surface area (TPSA) is 29.1 Å². The zero-order valence-corrected chi connectivity index (χ0v) is 15.3. The molecule has 2 nitrogen and oxygen atoms in total. The Morgan fingerprint density at radius 3 is 2.14 bits per heavy atom. The highest BCUT2D eigenvalue weighted by molar-refractivity contribution is 5.75. The van der Waals surface area contributed by atoms with E-state index >= 15 is 0 Å². The van der Waals surface area contributed by atoms with Gasteiger partial charge < -0.3 is 5.32 Å². The molecule has 0 atom stereocenters. The van der Waals surface area contributed by atoms with Gasteiger partial charge in [0.05, 0.1) is 0 Å². The Bertz CT molecular complexity index is 253. The fourth-order valence-electron chi connectivity index (χ4n) is 2.46. The van der Waals surface area contributed by atoms with Gasteiger partial charge in [-0.1, -0.05) is 73.1 Å². The summed E-state index contributed by atoms with van der Waals surface area (Å²) in [6, 6.07) is 0. The maximum atomic E-state index is 11.6. The average Bonchev–Trinajstić information content (AvgIpc) is 2.35. The van der Waals surface area contributed by atoms with Gasteiger partial charge in [-0.25, -0.2) is 0 Å². The second-order valence-corrected chi connectivity index (χ2v) is 8.07. The molecule has 1 amide bonds. The molecule has 21 heavy (non-hydrogen) atoms. The van der Waals surface area contributed by atoms with Gasteiger partial charge in [0.25, 0.3) is 0 Å². The molecule has 0 aliphatic heterocycles. The minimum absolute atomic E-state index is 0.245. The Morgan fingerprint density at radius 2 is 1.52 bits per heavy atom. The van der Waals surface area contributed by atoms with Crippen LogP contribution in [0.1, 0.15) is 98.8 Å². The fraction of sp³-hybridized carbons (Fsp3) is 0.947. The Kier molecular flexibility index (Phi) is 11.8. The highest BCUT2D eigenvalue weighted by Gasteiger charge is 2.08. The second kappa shape index (κ2) is 12.1. The number of rotatable bonds is 12. The van der Waals surface area contributed by atoms with Crippen LogP contribution in [0.2, 0.25) is 0 Å². The minimum atomic E-state index is 0.245. The molecule has 0 bridgehead atoms. The van der Waals surface area contributed by atoms with E-state index in [0.717, 1.165) is 25.3 Å². The Balaban J connectivity index is 3.27. The van der Waals surface area contributed by atoms with Crippen LogP contribution >= 0.6 is 0 Å². The summed E-state index contributed by atoms with van der Waals surface area (Å²) in [7, 11) is 0. The third-order valence-electron chi connectivity index (χ3n) is 3.86. The molecule has 0 rings (SSSR count). The maximum Gasteiger partial charge on any atom is 0.219 e. The first-order valence-corrected chi connectivity index (χ1v) is 9.08. The molecule has 0 aromatic carbocycles. The number of hydrogen-bond donors (Lipinski definition) is 1. The van der Waals surface area contributed by atoms with Crippen molar-refractivity contribution in [1.29, 1.82) is 0 Å². The number of carbonyl (C=O) groups excluding carboxylic acids is 1. The monoisotopic (exact) mass is 297 g/mol. The first kappa shape index (κ1) is 20.5. The minimum Gasteiger partial charge on any atom is -0.356 e. The molecule has 1 N–H and O–H groups in total. The van der Waals surface area contributed by atoms with E-state index in [2.05, 4.69) is 39.9 Å². The smallest absolute Gasteiger partial charge is 0.219 e. The van der Waals surface area contributed by atoms with Crippen molar-refractivity contribution in [3.63, 3.8) is 0 Å². The van der Waals surface area contributed by atoms with E-state index in [1.807, 2.05) is 0 Å². The van der Waals surface area contributed by atoms with Crippen LogP contribution in [0, 0.1) is 11.3 Å². The quantitative estimate of drug-likeness (QED) is 0.460. The van der Waals surface area contributed by atoms with Crippen molar-refractivity contribution < 1.29 is 4.79 Å². The van der Waals surface area contributed by atoms with E-state index in [1.165, 1.54) is 44.9 Å². The second-order valence-electron chi connectivity index (χ2n) is 8.07. The van der Waals surface area contributed by atoms with Crippen LogP contribution in [-0.2, 0) is 4.79 Å². The van der Waals surface area contributed by atoms with Gasteiger partial charge >= 0.3 is 0 Å². The van der Waals surface area contributed by atoms with E-state index in [0.29, 0.717) is 11.8 Å². The van der Waals surface area contributed by atoms with Gasteiger partial charge in [0.2, 0.25) is 5.91 Å². The molecule has 126 valence electrons. The van der Waals surface area contributed by atoms with Gasteiger partial charge in [-0.05, 0) is 30.6 Å². The first-order chi connectivity index (χ1) is 9.81. The SMILES string of the molecule is CC(C)CCCCCC(=O)NCCCCCCC(C)(C)C. The van der Waals surface area contributed by atoms with Crippen LogP contribution in [0.25, 0.3) is 0 Å². The molecule has 0 spiro atoms. The van der Waals surface area contributed by atoms with Crippen LogP contribution in [0.3, 0.4) is 0 Å². The van der Waals surface area contributed by atoms with Gasteiger partial charge in [-0.15, -0.1) is 0 Å². The van der Waals surface area contributed by atoms with Gasteiger partial charge in [0.1, 0.15) is 0 Å². The van der Waals surface area contributed by atoms with Crippen molar-refractivity contribution in [3.05, 3.63) is 0 Å². The third-order valence-corrected chi connectivity index (χ3v) is 3.86. The number of carbonyl (C=O) groups is 1. The van der Waals surface area contributed by atoms with Crippen molar-refractivity contribution in [2.45, 2.75) is 98.8 Å². The number of nitrogens with one attached hydrogen (secondary N) is 1. The molecule has 0 radical (unpaired) electrons. The largest absolute Gasteiger partial charge is 0.356 e. The van der Waals surface area contributed by atoms with Gasteiger partial charge in [-0.3, -0.25) is 4.79 Å². The van der Waals surface area contributed by atoms with Crippen LogP contribution in [0.4, 0.5) is 0 Å². The molecule has 0 fully saturated rings. The summed E-state index contributed by atoms with van der Waals surface area (Å²) < 4.78 is 0. The molecule has 0 aliphatic carbocycles. The lowest BCUT2D eigenvalue weighted by Crippen LogP contribution is -2.23. The molecular weight excluding hydrogens is 258 g/mol. The zero-order valence-electron chi connectivity index (χ0n) is 15.3. The van der Waals surface area contributed by atoms with E-state index in [-0.39, 0.29) is 5.91 Å². The lowest BCUT2D eigenvalue weighted by atomic mass is 9.89. The number of unbranched alkanes of at least 4 members (excludes halogenated alkanes) is 5. The van der Waals surface area contributed by atoms with Crippen LogP contribution in [0.15, 0.2) is 0 Å². The van der Waals surface area contributed by atoms with Crippen molar-refractivity contribution in [2.24, 2.45) is 11.3 Å².